The number of non-ortho nitro benzene ring substituents is 1. The molecule has 0 aliphatic heterocycles. The topological polar surface area (TPSA) is 130 Å². The number of carbonyl (C=O) groups is 2. The third-order valence-electron chi connectivity index (χ3n) is 6.11. The number of rotatable bonds is 11. The minimum atomic E-state index is -4.31. The fourth-order valence-electron chi connectivity index (χ4n) is 4.15. The molecule has 12 heteroatoms. The average Bonchev–Trinajstić information content (AvgIpc) is 2.92. The van der Waals surface area contributed by atoms with Crippen LogP contribution in [0.15, 0.2) is 83.8 Å². The molecule has 41 heavy (non-hydrogen) atoms. The summed E-state index contributed by atoms with van der Waals surface area (Å²) in [5, 5.41) is 14.1. The van der Waals surface area contributed by atoms with Crippen LogP contribution in [0.25, 0.3) is 0 Å². The van der Waals surface area contributed by atoms with Gasteiger partial charge in [0.05, 0.1) is 15.5 Å². The van der Waals surface area contributed by atoms with E-state index in [9.17, 15) is 32.5 Å². The molecule has 10 nitrogen and oxygen atoms in total. The summed E-state index contributed by atoms with van der Waals surface area (Å²) in [5.74, 6) is -1.59. The number of nitrogens with zero attached hydrogens (tertiary/aromatic N) is 3. The number of hydrogen-bond acceptors (Lipinski definition) is 6. The van der Waals surface area contributed by atoms with Crippen molar-refractivity contribution in [3.8, 4) is 0 Å². The number of carbonyl (C=O) groups excluding carboxylic acids is 2. The van der Waals surface area contributed by atoms with Crippen LogP contribution in [0.3, 0.4) is 0 Å². The number of nitro benzene ring substituents is 1. The van der Waals surface area contributed by atoms with Crippen molar-refractivity contribution >= 4 is 33.2 Å². The second-order valence-electron chi connectivity index (χ2n) is 10.4. The van der Waals surface area contributed by atoms with Crippen LogP contribution >= 0.6 is 0 Å². The number of amides is 2. The Labute approximate surface area is 239 Å². The first-order valence-electron chi connectivity index (χ1n) is 12.9. The molecule has 0 aromatic heterocycles. The number of nitrogens with one attached hydrogen (secondary N) is 1. The van der Waals surface area contributed by atoms with Gasteiger partial charge in [-0.05, 0) is 69.2 Å². The van der Waals surface area contributed by atoms with Gasteiger partial charge in [0.15, 0.2) is 0 Å². The highest BCUT2D eigenvalue weighted by molar-refractivity contribution is 7.92. The second-order valence-corrected chi connectivity index (χ2v) is 12.3. The Morgan fingerprint density at radius 2 is 1.56 bits per heavy atom. The summed E-state index contributed by atoms with van der Waals surface area (Å²) in [5.41, 5.74) is -0.285. The van der Waals surface area contributed by atoms with Crippen LogP contribution in [-0.4, -0.2) is 48.2 Å². The van der Waals surface area contributed by atoms with Gasteiger partial charge < -0.3 is 10.2 Å². The van der Waals surface area contributed by atoms with Crippen LogP contribution in [0.4, 0.5) is 15.8 Å². The molecule has 1 N–H and O–H groups in total. The molecule has 0 aliphatic rings. The zero-order valence-electron chi connectivity index (χ0n) is 23.3. The normalized spacial score (nSPS) is 12.3. The van der Waals surface area contributed by atoms with E-state index in [1.165, 1.54) is 65.6 Å². The zero-order chi connectivity index (χ0) is 30.4. The summed E-state index contributed by atoms with van der Waals surface area (Å²) in [6, 6.07) is 16.7. The minimum Gasteiger partial charge on any atom is -0.350 e. The molecular weight excluding hydrogens is 551 g/mol. The van der Waals surface area contributed by atoms with Crippen LogP contribution in [0.1, 0.15) is 39.7 Å². The number of sulfonamides is 1. The van der Waals surface area contributed by atoms with E-state index in [0.717, 1.165) is 16.4 Å². The van der Waals surface area contributed by atoms with Crippen molar-refractivity contribution in [3.05, 3.63) is 100 Å². The molecule has 0 radical (unpaired) electrons. The Hall–Kier alpha value is -4.32. The number of anilines is 1. The first-order chi connectivity index (χ1) is 19.2. The Morgan fingerprint density at radius 1 is 0.976 bits per heavy atom. The molecule has 218 valence electrons. The SMILES string of the molecule is CC[C@H](C(=O)NC(C)(C)C)N(Cc1ccc(F)cc1)C(=O)CN(c1ccc([N+](=O)[O-])cc1)S(=O)(=O)c1ccccc1. The largest absolute Gasteiger partial charge is 0.350 e. The molecule has 3 aromatic rings. The Bertz CT molecular complexity index is 1470. The predicted octanol–water partition coefficient (Wildman–Crippen LogP) is 4.65. The molecule has 0 unspecified atom stereocenters. The summed E-state index contributed by atoms with van der Waals surface area (Å²) in [6.07, 6.45) is 0.220. The summed E-state index contributed by atoms with van der Waals surface area (Å²) in [7, 11) is -4.31. The van der Waals surface area contributed by atoms with E-state index in [-0.39, 0.29) is 29.2 Å². The van der Waals surface area contributed by atoms with Gasteiger partial charge >= 0.3 is 0 Å². The fourth-order valence-corrected chi connectivity index (χ4v) is 5.58. The lowest BCUT2D eigenvalue weighted by Crippen LogP contribution is -2.55. The monoisotopic (exact) mass is 584 g/mol. The average molecular weight is 585 g/mol. The van der Waals surface area contributed by atoms with E-state index in [2.05, 4.69) is 5.32 Å². The Kier molecular flexibility index (Phi) is 9.82. The van der Waals surface area contributed by atoms with Gasteiger partial charge in [0.1, 0.15) is 18.4 Å². The van der Waals surface area contributed by atoms with Gasteiger partial charge in [-0.3, -0.25) is 24.0 Å². The van der Waals surface area contributed by atoms with Gasteiger partial charge in [0.25, 0.3) is 15.7 Å². The molecule has 0 aliphatic carbocycles. The molecule has 0 saturated heterocycles. The summed E-state index contributed by atoms with van der Waals surface area (Å²) >= 11 is 0. The van der Waals surface area contributed by atoms with E-state index in [4.69, 9.17) is 0 Å². The highest BCUT2D eigenvalue weighted by Crippen LogP contribution is 2.27. The maximum Gasteiger partial charge on any atom is 0.269 e. The molecule has 2 amide bonds. The highest BCUT2D eigenvalue weighted by Gasteiger charge is 2.34. The van der Waals surface area contributed by atoms with Crippen molar-refractivity contribution in [2.24, 2.45) is 0 Å². The van der Waals surface area contributed by atoms with Crippen LogP contribution in [-0.2, 0) is 26.2 Å². The molecule has 0 bridgehead atoms. The third kappa shape index (κ3) is 8.10. The number of halogens is 1. The molecule has 0 fully saturated rings. The molecule has 0 saturated carbocycles. The van der Waals surface area contributed by atoms with Crippen molar-refractivity contribution in [2.45, 2.75) is 57.1 Å². The van der Waals surface area contributed by atoms with Crippen molar-refractivity contribution in [1.29, 1.82) is 0 Å². The molecule has 3 aromatic carbocycles. The molecule has 1 atom stereocenters. The van der Waals surface area contributed by atoms with E-state index in [0.29, 0.717) is 5.56 Å². The third-order valence-corrected chi connectivity index (χ3v) is 7.90. The molecule has 3 rings (SSSR count). The van der Waals surface area contributed by atoms with Gasteiger partial charge in [-0.25, -0.2) is 12.8 Å². The molecule has 0 spiro atoms. The van der Waals surface area contributed by atoms with Gasteiger partial charge in [-0.2, -0.15) is 0 Å². The maximum atomic E-state index is 14.0. The Morgan fingerprint density at radius 3 is 2.07 bits per heavy atom. The highest BCUT2D eigenvalue weighted by atomic mass is 32.2. The number of benzene rings is 3. The first kappa shape index (κ1) is 31.2. The Balaban J connectivity index is 2.07. The van der Waals surface area contributed by atoms with Crippen molar-refractivity contribution < 1.29 is 27.3 Å². The summed E-state index contributed by atoms with van der Waals surface area (Å²) in [6.45, 7) is 6.34. The summed E-state index contributed by atoms with van der Waals surface area (Å²) < 4.78 is 42.0. The van der Waals surface area contributed by atoms with Crippen LogP contribution < -0.4 is 9.62 Å². The smallest absolute Gasteiger partial charge is 0.269 e. The van der Waals surface area contributed by atoms with Crippen molar-refractivity contribution in [3.63, 3.8) is 0 Å². The van der Waals surface area contributed by atoms with E-state index < -0.39 is 50.7 Å². The van der Waals surface area contributed by atoms with E-state index in [1.54, 1.807) is 33.8 Å². The zero-order valence-corrected chi connectivity index (χ0v) is 24.1. The van der Waals surface area contributed by atoms with Crippen LogP contribution in [0.2, 0.25) is 0 Å². The quantitative estimate of drug-likeness (QED) is 0.258. The lowest BCUT2D eigenvalue weighted by molar-refractivity contribution is -0.384. The van der Waals surface area contributed by atoms with E-state index in [1.807, 2.05) is 0 Å². The first-order valence-corrected chi connectivity index (χ1v) is 14.3. The summed E-state index contributed by atoms with van der Waals surface area (Å²) in [4.78, 5) is 39.0. The van der Waals surface area contributed by atoms with E-state index >= 15 is 0 Å². The van der Waals surface area contributed by atoms with Crippen LogP contribution in [0, 0.1) is 15.9 Å². The van der Waals surface area contributed by atoms with Gasteiger partial charge in [-0.15, -0.1) is 0 Å². The van der Waals surface area contributed by atoms with Gasteiger partial charge in [0, 0.05) is 24.2 Å². The van der Waals surface area contributed by atoms with Crippen LogP contribution in [0.5, 0.6) is 0 Å². The fraction of sp³-hybridized carbons (Fsp3) is 0.310. The molecule has 0 heterocycles. The predicted molar refractivity (Wildman–Crippen MR) is 153 cm³/mol. The standard InChI is InChI=1S/C29H33FN4O6S/c1-5-26(28(36)31-29(2,3)4)32(19-21-11-13-22(30)14-12-21)27(35)20-33(23-15-17-24(18-16-23)34(37)38)41(39,40)25-9-7-6-8-10-25/h6-18,26H,5,19-20H2,1-4H3,(H,31,36)/t26-/m1/s1. The molecular formula is C29H33FN4O6S. The lowest BCUT2D eigenvalue weighted by atomic mass is 10.1. The maximum absolute atomic E-state index is 14.0. The number of nitro groups is 1. The van der Waals surface area contributed by atoms with Crippen molar-refractivity contribution in [2.75, 3.05) is 10.8 Å². The lowest BCUT2D eigenvalue weighted by Gasteiger charge is -2.34. The number of hydrogen-bond donors (Lipinski definition) is 1. The second kappa shape index (κ2) is 12.9. The van der Waals surface area contributed by atoms with Gasteiger partial charge in [-0.1, -0.05) is 37.3 Å². The van der Waals surface area contributed by atoms with Gasteiger partial charge in [0.2, 0.25) is 11.8 Å². The minimum absolute atomic E-state index is 0.0294. The van der Waals surface area contributed by atoms with Crippen molar-refractivity contribution in [1.82, 2.24) is 10.2 Å².